The van der Waals surface area contributed by atoms with Gasteiger partial charge in [-0.05, 0) is 12.8 Å². The predicted octanol–water partition coefficient (Wildman–Crippen LogP) is -0.562. The summed E-state index contributed by atoms with van der Waals surface area (Å²) in [5.41, 5.74) is 0. The van der Waals surface area contributed by atoms with Gasteiger partial charge < -0.3 is 5.98 Å². The van der Waals surface area contributed by atoms with Crippen molar-refractivity contribution >= 4 is 11.1 Å². The normalized spacial score (nSPS) is 23.4. The molecule has 1 rings (SSSR count). The summed E-state index contributed by atoms with van der Waals surface area (Å²) < 4.78 is 19.6. The maximum absolute atomic E-state index is 10.7. The first kappa shape index (κ1) is 13.1. The fourth-order valence-corrected chi connectivity index (χ4v) is 2.36. The third-order valence-corrected chi connectivity index (χ3v) is 3.38. The van der Waals surface area contributed by atoms with Crippen molar-refractivity contribution in [1.82, 2.24) is 0 Å². The molecule has 0 aromatic carbocycles. The van der Waals surface area contributed by atoms with Crippen LogP contribution in [0.15, 0.2) is 0 Å². The summed E-state index contributed by atoms with van der Waals surface area (Å²) in [5, 5.41) is 0.0651. The van der Waals surface area contributed by atoms with Crippen molar-refractivity contribution in [3.8, 4) is 0 Å². The Bertz CT molecular complexity index is 138. The van der Waals surface area contributed by atoms with Crippen LogP contribution in [0.5, 0.6) is 0 Å². The minimum atomic E-state index is -1.57. The molecule has 0 heterocycles. The second-order valence-electron chi connectivity index (χ2n) is 3.24. The summed E-state index contributed by atoms with van der Waals surface area (Å²) in [5.74, 6) is 0. The molecule has 4 heteroatoms. The van der Waals surface area contributed by atoms with Gasteiger partial charge in [-0.2, -0.15) is 0 Å². The minimum absolute atomic E-state index is 0. The number of rotatable bonds is 1. The summed E-state index contributed by atoms with van der Waals surface area (Å²) in [4.78, 5) is 0. The van der Waals surface area contributed by atoms with E-state index in [9.17, 15) is 4.21 Å². The predicted molar refractivity (Wildman–Crippen MR) is 48.0 cm³/mol. The molecule has 1 fully saturated rings. The first-order chi connectivity index (χ1) is 5.30. The van der Waals surface area contributed by atoms with Crippen LogP contribution in [0.4, 0.5) is 0 Å². The van der Waals surface area contributed by atoms with Gasteiger partial charge in [-0.1, -0.05) is 32.1 Å². The molecule has 0 aliphatic heterocycles. The number of hydrogen-bond donors (Lipinski definition) is 1. The summed E-state index contributed by atoms with van der Waals surface area (Å²) >= 11 is -1.57. The third kappa shape index (κ3) is 4.97. The Morgan fingerprint density at radius 2 is 1.50 bits per heavy atom. The van der Waals surface area contributed by atoms with E-state index in [4.69, 9.17) is 4.55 Å². The van der Waals surface area contributed by atoms with E-state index < -0.39 is 11.1 Å². The molecule has 0 aromatic rings. The van der Waals surface area contributed by atoms with Gasteiger partial charge in [-0.25, -0.2) is 4.21 Å². The van der Waals surface area contributed by atoms with E-state index in [1.165, 1.54) is 19.3 Å². The second kappa shape index (κ2) is 7.51. The van der Waals surface area contributed by atoms with Crippen molar-refractivity contribution in [3.05, 3.63) is 0 Å². The van der Waals surface area contributed by atoms with Crippen LogP contribution >= 0.6 is 0 Å². The van der Waals surface area contributed by atoms with E-state index in [-0.39, 0.29) is 36.2 Å². The standard InChI is InChI=1S/C8H16O2S.Na.H/c9-11(10)8-6-4-2-1-3-5-7-8;;/h8H,1-7H2,(H,9,10);;/q;+1;-1. The van der Waals surface area contributed by atoms with Crippen LogP contribution in [0.3, 0.4) is 0 Å². The Morgan fingerprint density at radius 3 is 1.92 bits per heavy atom. The van der Waals surface area contributed by atoms with Crippen molar-refractivity contribution in [1.29, 1.82) is 0 Å². The van der Waals surface area contributed by atoms with E-state index in [0.717, 1.165) is 25.7 Å². The molecule has 0 radical (unpaired) electrons. The third-order valence-electron chi connectivity index (χ3n) is 2.34. The zero-order valence-electron chi connectivity index (χ0n) is 8.79. The molecule has 12 heavy (non-hydrogen) atoms. The summed E-state index contributed by atoms with van der Waals surface area (Å²) in [6, 6.07) is 0. The van der Waals surface area contributed by atoms with Gasteiger partial charge in [-0.3, -0.25) is 0 Å². The molecule has 0 amide bonds. The molecular weight excluding hydrogens is 183 g/mol. The van der Waals surface area contributed by atoms with Crippen molar-refractivity contribution in [2.24, 2.45) is 0 Å². The Kier molecular flexibility index (Phi) is 8.20. The first-order valence-corrected chi connectivity index (χ1v) is 5.57. The van der Waals surface area contributed by atoms with Gasteiger partial charge in [0.25, 0.3) is 0 Å². The molecular formula is C8H17NaO2S. The van der Waals surface area contributed by atoms with Crippen LogP contribution in [0.25, 0.3) is 0 Å². The molecule has 1 unspecified atom stereocenters. The summed E-state index contributed by atoms with van der Waals surface area (Å²) in [7, 11) is 0. The van der Waals surface area contributed by atoms with Gasteiger partial charge in [0.2, 0.25) is 0 Å². The van der Waals surface area contributed by atoms with E-state index in [1.54, 1.807) is 0 Å². The monoisotopic (exact) mass is 200 g/mol. The molecule has 0 aromatic heterocycles. The van der Waals surface area contributed by atoms with Crippen LogP contribution in [0.1, 0.15) is 46.4 Å². The fourth-order valence-electron chi connectivity index (χ4n) is 1.62. The Balaban J connectivity index is 0. The van der Waals surface area contributed by atoms with Crippen LogP contribution in [-0.4, -0.2) is 14.0 Å². The maximum atomic E-state index is 10.7. The van der Waals surface area contributed by atoms with Gasteiger partial charge in [0.05, 0.1) is 5.25 Å². The average Bonchev–Trinajstić information content (AvgIpc) is 1.84. The maximum Gasteiger partial charge on any atom is 1.00 e. The van der Waals surface area contributed by atoms with E-state index in [0.29, 0.717) is 0 Å². The Labute approximate surface area is 101 Å². The topological polar surface area (TPSA) is 37.3 Å². The molecule has 0 bridgehead atoms. The molecule has 2 nitrogen and oxygen atoms in total. The summed E-state index contributed by atoms with van der Waals surface area (Å²) in [6.45, 7) is 0. The quantitative estimate of drug-likeness (QED) is 0.455. The van der Waals surface area contributed by atoms with Gasteiger partial charge in [0, 0.05) is 0 Å². The van der Waals surface area contributed by atoms with Crippen molar-refractivity contribution in [2.45, 2.75) is 50.2 Å². The average molecular weight is 200 g/mol. The van der Waals surface area contributed by atoms with Crippen LogP contribution < -0.4 is 29.6 Å². The number of hydrogen-bond acceptors (Lipinski definition) is 1. The van der Waals surface area contributed by atoms with Crippen LogP contribution in [0.2, 0.25) is 0 Å². The molecule has 1 aliphatic rings. The summed E-state index contributed by atoms with van der Waals surface area (Å²) in [6.07, 6.45) is 7.96. The molecule has 68 valence electrons. The van der Waals surface area contributed by atoms with Gasteiger partial charge >= 0.3 is 29.6 Å². The van der Waals surface area contributed by atoms with Gasteiger partial charge in [-0.15, -0.1) is 0 Å². The zero-order chi connectivity index (χ0) is 8.10. The molecule has 1 N–H and O–H groups in total. The van der Waals surface area contributed by atoms with Gasteiger partial charge in [0.15, 0.2) is 11.1 Å². The Hall–Kier alpha value is 1.11. The van der Waals surface area contributed by atoms with E-state index >= 15 is 0 Å². The van der Waals surface area contributed by atoms with Crippen molar-refractivity contribution in [3.63, 3.8) is 0 Å². The van der Waals surface area contributed by atoms with E-state index in [2.05, 4.69) is 0 Å². The first-order valence-electron chi connectivity index (χ1n) is 4.40. The van der Waals surface area contributed by atoms with Crippen LogP contribution in [0, 0.1) is 0 Å². The van der Waals surface area contributed by atoms with Gasteiger partial charge in [0.1, 0.15) is 0 Å². The second-order valence-corrected chi connectivity index (χ2v) is 4.46. The largest absolute Gasteiger partial charge is 1.00 e. The zero-order valence-corrected chi connectivity index (χ0v) is 10.6. The fraction of sp³-hybridized carbons (Fsp3) is 1.00. The van der Waals surface area contributed by atoms with Crippen molar-refractivity contribution in [2.75, 3.05) is 0 Å². The molecule has 0 saturated heterocycles. The SMILES string of the molecule is O=S(O)C1CCCCCCC1.[H-].[Na+]. The Morgan fingerprint density at radius 1 is 1.08 bits per heavy atom. The van der Waals surface area contributed by atoms with Crippen molar-refractivity contribution < 1.29 is 39.7 Å². The van der Waals surface area contributed by atoms with Crippen LogP contribution in [-0.2, 0) is 11.1 Å². The van der Waals surface area contributed by atoms with E-state index in [1.807, 2.05) is 0 Å². The molecule has 1 atom stereocenters. The molecule has 1 saturated carbocycles. The smallest absolute Gasteiger partial charge is 1.00 e. The molecule has 1 aliphatic carbocycles. The minimum Gasteiger partial charge on any atom is -1.00 e. The molecule has 0 spiro atoms.